The fourth-order valence-corrected chi connectivity index (χ4v) is 0.925. The first-order valence-electron chi connectivity index (χ1n) is 5.30. The molecule has 0 aliphatic heterocycles. The van der Waals surface area contributed by atoms with Gasteiger partial charge in [-0.1, -0.05) is 13.3 Å². The van der Waals surface area contributed by atoms with Crippen molar-refractivity contribution in [3.05, 3.63) is 0 Å². The Bertz CT molecular complexity index is 175. The molecular weight excluding hydrogens is 198 g/mol. The van der Waals surface area contributed by atoms with Crippen LogP contribution >= 0.6 is 0 Å². The lowest BCUT2D eigenvalue weighted by Gasteiger charge is -2.14. The summed E-state index contributed by atoms with van der Waals surface area (Å²) in [6, 6.07) is -0.643. The lowest BCUT2D eigenvalue weighted by molar-refractivity contribution is -0.139. The molecule has 0 heterocycles. The van der Waals surface area contributed by atoms with Crippen molar-refractivity contribution in [2.45, 2.75) is 38.8 Å². The van der Waals surface area contributed by atoms with Gasteiger partial charge in [0.05, 0.1) is 12.7 Å². The van der Waals surface area contributed by atoms with Crippen LogP contribution in [0.3, 0.4) is 0 Å². The molecule has 0 saturated carbocycles. The van der Waals surface area contributed by atoms with Crippen LogP contribution in [0.25, 0.3) is 0 Å². The maximum absolute atomic E-state index is 10.4. The van der Waals surface area contributed by atoms with E-state index in [2.05, 4.69) is 12.2 Å². The Hall–Kier alpha value is -0.650. The van der Waals surface area contributed by atoms with E-state index < -0.39 is 18.1 Å². The maximum Gasteiger partial charge on any atom is 0.320 e. The number of rotatable bonds is 9. The normalized spacial score (nSPS) is 14.9. The van der Waals surface area contributed by atoms with Crippen LogP contribution in [0.5, 0.6) is 0 Å². The van der Waals surface area contributed by atoms with E-state index in [1.54, 1.807) is 0 Å². The summed E-state index contributed by atoms with van der Waals surface area (Å²) >= 11 is 0. The van der Waals surface area contributed by atoms with E-state index in [0.29, 0.717) is 6.61 Å². The van der Waals surface area contributed by atoms with E-state index in [9.17, 15) is 9.90 Å². The molecule has 15 heavy (non-hydrogen) atoms. The summed E-state index contributed by atoms with van der Waals surface area (Å²) in [5, 5.41) is 20.7. The molecule has 0 aromatic rings. The molecule has 5 heteroatoms. The lowest BCUT2D eigenvalue weighted by atomic mass is 10.3. The lowest BCUT2D eigenvalue weighted by Crippen LogP contribution is -2.40. The summed E-state index contributed by atoms with van der Waals surface area (Å²) < 4.78 is 5.19. The Kier molecular flexibility index (Phi) is 8.27. The van der Waals surface area contributed by atoms with Gasteiger partial charge in [0.15, 0.2) is 0 Å². The average molecular weight is 219 g/mol. The summed E-state index contributed by atoms with van der Waals surface area (Å²) in [6.45, 7) is 4.73. The third kappa shape index (κ3) is 8.35. The highest BCUT2D eigenvalue weighted by Gasteiger charge is 2.12. The number of unbranched alkanes of at least 4 members (excludes halogenated alkanes) is 1. The molecule has 3 N–H and O–H groups in total. The molecular formula is C10H21NO4. The van der Waals surface area contributed by atoms with Crippen LogP contribution in [0.15, 0.2) is 0 Å². The van der Waals surface area contributed by atoms with Crippen LogP contribution in [0, 0.1) is 0 Å². The molecule has 0 aromatic carbocycles. The van der Waals surface area contributed by atoms with Crippen LogP contribution in [0.4, 0.5) is 0 Å². The van der Waals surface area contributed by atoms with Crippen LogP contribution in [-0.2, 0) is 9.53 Å². The van der Waals surface area contributed by atoms with Gasteiger partial charge in [-0.3, -0.25) is 4.79 Å². The first-order chi connectivity index (χ1) is 7.07. The zero-order chi connectivity index (χ0) is 11.7. The van der Waals surface area contributed by atoms with Gasteiger partial charge >= 0.3 is 5.97 Å². The van der Waals surface area contributed by atoms with E-state index in [4.69, 9.17) is 9.84 Å². The van der Waals surface area contributed by atoms with Crippen LogP contribution in [0.2, 0.25) is 0 Å². The number of hydrogen-bond acceptors (Lipinski definition) is 4. The zero-order valence-corrected chi connectivity index (χ0v) is 9.40. The molecule has 0 aliphatic rings. The minimum Gasteiger partial charge on any atom is -0.480 e. The van der Waals surface area contributed by atoms with E-state index in [1.165, 1.54) is 6.92 Å². The molecule has 0 spiro atoms. The van der Waals surface area contributed by atoms with Crippen molar-refractivity contribution >= 4 is 5.97 Å². The van der Waals surface area contributed by atoms with Gasteiger partial charge in [-0.05, 0) is 13.3 Å². The monoisotopic (exact) mass is 219 g/mol. The minimum absolute atomic E-state index is 0.236. The minimum atomic E-state index is -0.922. The molecule has 0 fully saturated rings. The topological polar surface area (TPSA) is 78.8 Å². The van der Waals surface area contributed by atoms with Gasteiger partial charge in [-0.2, -0.15) is 0 Å². The fourth-order valence-electron chi connectivity index (χ4n) is 0.925. The number of hydrogen-bond donors (Lipinski definition) is 3. The summed E-state index contributed by atoms with van der Waals surface area (Å²) in [6.07, 6.45) is 1.39. The second-order valence-electron chi connectivity index (χ2n) is 3.55. The number of nitrogens with one attached hydrogen (secondary N) is 1. The number of carboxylic acids is 1. The maximum atomic E-state index is 10.4. The Morgan fingerprint density at radius 1 is 1.53 bits per heavy atom. The second kappa shape index (κ2) is 8.64. The number of aliphatic hydroxyl groups excluding tert-OH is 1. The summed E-state index contributed by atoms with van der Waals surface area (Å²) in [4.78, 5) is 10.4. The van der Waals surface area contributed by atoms with E-state index in [0.717, 1.165) is 12.8 Å². The SMILES string of the molecule is CCCCOCC(O)CNC(C)C(=O)O. The molecule has 0 aromatic heterocycles. The third-order valence-corrected chi connectivity index (χ3v) is 1.98. The first-order valence-corrected chi connectivity index (χ1v) is 5.30. The number of aliphatic carboxylic acids is 1. The van der Waals surface area contributed by atoms with Crippen LogP contribution in [-0.4, -0.2) is 48.1 Å². The average Bonchev–Trinajstić information content (AvgIpc) is 2.20. The zero-order valence-electron chi connectivity index (χ0n) is 9.40. The molecule has 0 amide bonds. The molecule has 0 radical (unpaired) electrons. The molecule has 0 rings (SSSR count). The highest BCUT2D eigenvalue weighted by atomic mass is 16.5. The highest BCUT2D eigenvalue weighted by molar-refractivity contribution is 5.72. The largest absolute Gasteiger partial charge is 0.480 e. The Labute approximate surface area is 90.4 Å². The van der Waals surface area contributed by atoms with Gasteiger partial charge < -0.3 is 20.3 Å². The summed E-state index contributed by atoms with van der Waals surface area (Å²) in [5.41, 5.74) is 0. The Morgan fingerprint density at radius 2 is 2.20 bits per heavy atom. The smallest absolute Gasteiger partial charge is 0.320 e. The predicted molar refractivity (Wildman–Crippen MR) is 56.8 cm³/mol. The van der Waals surface area contributed by atoms with Crippen molar-refractivity contribution in [1.82, 2.24) is 5.32 Å². The van der Waals surface area contributed by atoms with Gasteiger partial charge in [0.2, 0.25) is 0 Å². The van der Waals surface area contributed by atoms with Gasteiger partial charge in [-0.25, -0.2) is 0 Å². The molecule has 90 valence electrons. The predicted octanol–water partition coefficient (Wildman–Crippen LogP) is 0.227. The van der Waals surface area contributed by atoms with E-state index in [1.807, 2.05) is 0 Å². The molecule has 0 saturated heterocycles. The van der Waals surface area contributed by atoms with Gasteiger partial charge in [0.1, 0.15) is 6.04 Å². The van der Waals surface area contributed by atoms with Crippen molar-refractivity contribution < 1.29 is 19.7 Å². The van der Waals surface area contributed by atoms with Crippen LogP contribution in [0.1, 0.15) is 26.7 Å². The van der Waals surface area contributed by atoms with Gasteiger partial charge in [0.25, 0.3) is 0 Å². The van der Waals surface area contributed by atoms with Gasteiger partial charge in [-0.15, -0.1) is 0 Å². The molecule has 2 atom stereocenters. The molecule has 0 bridgehead atoms. The fraction of sp³-hybridized carbons (Fsp3) is 0.900. The second-order valence-corrected chi connectivity index (χ2v) is 3.55. The van der Waals surface area contributed by atoms with Gasteiger partial charge in [0, 0.05) is 13.2 Å². The van der Waals surface area contributed by atoms with Crippen molar-refractivity contribution in [2.24, 2.45) is 0 Å². The van der Waals surface area contributed by atoms with Crippen molar-refractivity contribution in [3.8, 4) is 0 Å². The number of carboxylic acid groups (broad SMARTS) is 1. The summed E-state index contributed by atoms with van der Waals surface area (Å²) in [7, 11) is 0. The molecule has 5 nitrogen and oxygen atoms in total. The number of aliphatic hydroxyl groups is 1. The van der Waals surface area contributed by atoms with Crippen molar-refractivity contribution in [1.29, 1.82) is 0 Å². The number of ether oxygens (including phenoxy) is 1. The standard InChI is InChI=1S/C10H21NO4/c1-3-4-5-15-7-9(12)6-11-8(2)10(13)14/h8-9,11-12H,3-7H2,1-2H3,(H,13,14). The van der Waals surface area contributed by atoms with Crippen LogP contribution < -0.4 is 5.32 Å². The molecule has 2 unspecified atom stereocenters. The number of carbonyl (C=O) groups is 1. The van der Waals surface area contributed by atoms with Crippen molar-refractivity contribution in [3.63, 3.8) is 0 Å². The van der Waals surface area contributed by atoms with E-state index in [-0.39, 0.29) is 13.2 Å². The quantitative estimate of drug-likeness (QED) is 0.484. The van der Waals surface area contributed by atoms with Crippen molar-refractivity contribution in [2.75, 3.05) is 19.8 Å². The summed E-state index contributed by atoms with van der Waals surface area (Å²) in [5.74, 6) is -0.922. The Balaban J connectivity index is 3.40. The van der Waals surface area contributed by atoms with E-state index >= 15 is 0 Å². The molecule has 0 aliphatic carbocycles. The third-order valence-electron chi connectivity index (χ3n) is 1.98. The Morgan fingerprint density at radius 3 is 2.73 bits per heavy atom. The first kappa shape index (κ1) is 14.3. The highest BCUT2D eigenvalue weighted by Crippen LogP contribution is 1.91.